The first-order valence-electron chi connectivity index (χ1n) is 8.52. The zero-order valence-electron chi connectivity index (χ0n) is 14.1. The minimum Gasteiger partial charge on any atom is -0.508 e. The third-order valence-corrected chi connectivity index (χ3v) is 4.63. The van der Waals surface area contributed by atoms with E-state index < -0.39 is 0 Å². The van der Waals surface area contributed by atoms with Crippen LogP contribution >= 0.6 is 0 Å². The second kappa shape index (κ2) is 6.74. The lowest BCUT2D eigenvalue weighted by molar-refractivity contribution is 0.0342. The lowest BCUT2D eigenvalue weighted by Crippen LogP contribution is -2.35. The number of hydrogen-bond acceptors (Lipinski definition) is 5. The van der Waals surface area contributed by atoms with Crippen molar-refractivity contribution in [3.63, 3.8) is 0 Å². The van der Waals surface area contributed by atoms with Gasteiger partial charge in [-0.25, -0.2) is 4.98 Å². The molecule has 1 fully saturated rings. The Morgan fingerprint density at radius 1 is 1.00 bits per heavy atom. The maximum absolute atomic E-state index is 9.42. The van der Waals surface area contributed by atoms with Crippen LogP contribution in [0.3, 0.4) is 0 Å². The molecular formula is C19H22N4O2. The number of anilines is 1. The minimum atomic E-state index is 0.264. The van der Waals surface area contributed by atoms with Crippen molar-refractivity contribution in [2.24, 2.45) is 0 Å². The average Bonchev–Trinajstić information content (AvgIpc) is 2.92. The summed E-state index contributed by atoms with van der Waals surface area (Å²) >= 11 is 0. The summed E-state index contributed by atoms with van der Waals surface area (Å²) in [7, 11) is 0. The Morgan fingerprint density at radius 3 is 2.48 bits per heavy atom. The summed E-state index contributed by atoms with van der Waals surface area (Å²) < 4.78 is 7.40. The third kappa shape index (κ3) is 3.45. The van der Waals surface area contributed by atoms with Crippen LogP contribution in [0.2, 0.25) is 0 Å². The molecular weight excluding hydrogens is 316 g/mol. The van der Waals surface area contributed by atoms with Gasteiger partial charge in [0.25, 0.3) is 0 Å². The van der Waals surface area contributed by atoms with Crippen LogP contribution < -0.4 is 5.73 Å². The molecule has 6 nitrogen and oxygen atoms in total. The molecule has 2 heterocycles. The number of ether oxygens (including phenoxy) is 1. The van der Waals surface area contributed by atoms with Crippen LogP contribution in [0.5, 0.6) is 5.75 Å². The third-order valence-electron chi connectivity index (χ3n) is 4.63. The van der Waals surface area contributed by atoms with Crippen molar-refractivity contribution < 1.29 is 9.84 Å². The monoisotopic (exact) mass is 338 g/mol. The molecule has 4 rings (SSSR count). The second-order valence-corrected chi connectivity index (χ2v) is 6.43. The highest BCUT2D eigenvalue weighted by Gasteiger charge is 2.13. The van der Waals surface area contributed by atoms with Gasteiger partial charge in [0.2, 0.25) is 5.95 Å². The summed E-state index contributed by atoms with van der Waals surface area (Å²) in [5.74, 6) is 0.770. The van der Waals surface area contributed by atoms with Crippen molar-refractivity contribution in [3.8, 4) is 5.75 Å². The number of hydrogen-bond donors (Lipinski definition) is 2. The SMILES string of the molecule is Nc1nc2cc(CN3CCOCC3)ccc2n1Cc1ccc(O)cc1. The summed E-state index contributed by atoms with van der Waals surface area (Å²) in [5, 5.41) is 9.42. The quantitative estimate of drug-likeness (QED) is 0.763. The molecule has 0 bridgehead atoms. The summed E-state index contributed by atoms with van der Waals surface area (Å²) in [6.07, 6.45) is 0. The number of rotatable bonds is 4. The fraction of sp³-hybridized carbons (Fsp3) is 0.316. The first kappa shape index (κ1) is 15.9. The van der Waals surface area contributed by atoms with E-state index in [-0.39, 0.29) is 5.75 Å². The predicted octanol–water partition coefficient (Wildman–Crippen LogP) is 2.20. The molecule has 0 aliphatic carbocycles. The largest absolute Gasteiger partial charge is 0.508 e. The van der Waals surface area contributed by atoms with E-state index in [1.165, 1.54) is 5.56 Å². The van der Waals surface area contributed by atoms with Crippen LogP contribution in [0.25, 0.3) is 11.0 Å². The van der Waals surface area contributed by atoms with Gasteiger partial charge in [0.15, 0.2) is 0 Å². The van der Waals surface area contributed by atoms with Crippen molar-refractivity contribution in [3.05, 3.63) is 53.6 Å². The zero-order valence-corrected chi connectivity index (χ0v) is 14.1. The van der Waals surface area contributed by atoms with Gasteiger partial charge in [-0.15, -0.1) is 0 Å². The number of nitrogen functional groups attached to an aromatic ring is 1. The van der Waals surface area contributed by atoms with Gasteiger partial charge in [0.05, 0.1) is 30.8 Å². The minimum absolute atomic E-state index is 0.264. The zero-order chi connectivity index (χ0) is 17.2. The molecule has 1 aromatic heterocycles. The van der Waals surface area contributed by atoms with Gasteiger partial charge >= 0.3 is 0 Å². The van der Waals surface area contributed by atoms with Gasteiger partial charge in [-0.05, 0) is 35.4 Å². The van der Waals surface area contributed by atoms with Crippen LogP contribution in [-0.2, 0) is 17.8 Å². The maximum Gasteiger partial charge on any atom is 0.201 e. The number of fused-ring (bicyclic) bond motifs is 1. The Hall–Kier alpha value is -2.57. The number of morpholine rings is 1. The Bertz CT molecular complexity index is 867. The van der Waals surface area contributed by atoms with Crippen LogP contribution in [0.15, 0.2) is 42.5 Å². The highest BCUT2D eigenvalue weighted by Crippen LogP contribution is 2.22. The first-order valence-corrected chi connectivity index (χ1v) is 8.52. The number of nitrogens with two attached hydrogens (primary N) is 1. The Labute approximate surface area is 146 Å². The predicted molar refractivity (Wildman–Crippen MR) is 97.5 cm³/mol. The molecule has 0 saturated carbocycles. The molecule has 25 heavy (non-hydrogen) atoms. The number of aromatic hydroxyl groups is 1. The topological polar surface area (TPSA) is 76.5 Å². The van der Waals surface area contributed by atoms with Crippen molar-refractivity contribution >= 4 is 17.0 Å². The lowest BCUT2D eigenvalue weighted by atomic mass is 10.1. The maximum atomic E-state index is 9.42. The standard InChI is InChI=1S/C19H22N4O2/c20-19-21-17-11-15(12-22-7-9-25-10-8-22)3-6-18(17)23(19)13-14-1-4-16(24)5-2-14/h1-6,11,24H,7-10,12-13H2,(H2,20,21). The molecule has 0 radical (unpaired) electrons. The van der Waals surface area contributed by atoms with E-state index in [0.29, 0.717) is 12.5 Å². The van der Waals surface area contributed by atoms with Crippen LogP contribution in [0, 0.1) is 0 Å². The highest BCUT2D eigenvalue weighted by molar-refractivity contribution is 5.79. The molecule has 130 valence electrons. The second-order valence-electron chi connectivity index (χ2n) is 6.43. The molecule has 1 saturated heterocycles. The van der Waals surface area contributed by atoms with E-state index in [0.717, 1.165) is 49.4 Å². The number of phenols is 1. The Balaban J connectivity index is 1.58. The van der Waals surface area contributed by atoms with E-state index in [4.69, 9.17) is 10.5 Å². The Kier molecular flexibility index (Phi) is 4.29. The first-order chi connectivity index (χ1) is 12.2. The van der Waals surface area contributed by atoms with E-state index in [1.807, 2.05) is 16.7 Å². The van der Waals surface area contributed by atoms with Crippen molar-refractivity contribution in [2.75, 3.05) is 32.0 Å². The fourth-order valence-corrected chi connectivity index (χ4v) is 3.26. The van der Waals surface area contributed by atoms with Crippen molar-refractivity contribution in [1.29, 1.82) is 0 Å². The highest BCUT2D eigenvalue weighted by atomic mass is 16.5. The number of aromatic nitrogens is 2. The molecule has 0 unspecified atom stereocenters. The fourth-order valence-electron chi connectivity index (χ4n) is 3.26. The summed E-state index contributed by atoms with van der Waals surface area (Å²) in [5.41, 5.74) is 10.4. The molecule has 0 atom stereocenters. The van der Waals surface area contributed by atoms with Crippen molar-refractivity contribution in [2.45, 2.75) is 13.1 Å². The molecule has 3 N–H and O–H groups in total. The van der Waals surface area contributed by atoms with Crippen molar-refractivity contribution in [1.82, 2.24) is 14.5 Å². The molecule has 3 aromatic rings. The Morgan fingerprint density at radius 2 is 1.72 bits per heavy atom. The molecule has 0 amide bonds. The van der Waals surface area contributed by atoms with Gasteiger partial charge in [-0.1, -0.05) is 18.2 Å². The van der Waals surface area contributed by atoms with Crippen LogP contribution in [-0.4, -0.2) is 45.9 Å². The summed E-state index contributed by atoms with van der Waals surface area (Å²) in [6.45, 7) is 5.08. The van der Waals surface area contributed by atoms with Gasteiger partial charge in [-0.2, -0.15) is 0 Å². The lowest BCUT2D eigenvalue weighted by Gasteiger charge is -2.26. The molecule has 2 aromatic carbocycles. The van der Waals surface area contributed by atoms with Crippen LogP contribution in [0.4, 0.5) is 5.95 Å². The average molecular weight is 338 g/mol. The number of benzene rings is 2. The van der Waals surface area contributed by atoms with Gasteiger partial charge in [0.1, 0.15) is 5.75 Å². The van der Waals surface area contributed by atoms with Crippen LogP contribution in [0.1, 0.15) is 11.1 Å². The van der Waals surface area contributed by atoms with Gasteiger partial charge in [0, 0.05) is 19.6 Å². The van der Waals surface area contributed by atoms with E-state index in [2.05, 4.69) is 28.1 Å². The summed E-state index contributed by atoms with van der Waals surface area (Å²) in [6, 6.07) is 13.5. The van der Waals surface area contributed by atoms with E-state index >= 15 is 0 Å². The molecule has 0 spiro atoms. The summed E-state index contributed by atoms with van der Waals surface area (Å²) in [4.78, 5) is 6.92. The normalized spacial score (nSPS) is 15.7. The molecule has 1 aliphatic rings. The molecule has 6 heteroatoms. The van der Waals surface area contributed by atoms with E-state index in [9.17, 15) is 5.11 Å². The van der Waals surface area contributed by atoms with Gasteiger partial charge < -0.3 is 20.1 Å². The van der Waals surface area contributed by atoms with Gasteiger partial charge in [-0.3, -0.25) is 4.90 Å². The molecule has 1 aliphatic heterocycles. The number of nitrogens with zero attached hydrogens (tertiary/aromatic N) is 3. The van der Waals surface area contributed by atoms with E-state index in [1.54, 1.807) is 12.1 Å². The smallest absolute Gasteiger partial charge is 0.201 e. The number of imidazole rings is 1. The number of phenolic OH excluding ortho intramolecular Hbond substituents is 1.